The molecule has 0 radical (unpaired) electrons. The van der Waals surface area contributed by atoms with E-state index in [2.05, 4.69) is 0 Å². The van der Waals surface area contributed by atoms with Gasteiger partial charge >= 0.3 is 7.82 Å². The van der Waals surface area contributed by atoms with E-state index in [0.717, 1.165) is 10.8 Å². The largest absolute Gasteiger partial charge is 0.530 e. The molecule has 0 saturated carbocycles. The predicted molar refractivity (Wildman–Crippen MR) is 75.4 cm³/mol. The zero-order valence-corrected chi connectivity index (χ0v) is 11.9. The van der Waals surface area contributed by atoms with Gasteiger partial charge in [0.05, 0.1) is 13.2 Å². The van der Waals surface area contributed by atoms with Crippen LogP contribution in [0.25, 0.3) is 10.8 Å². The number of phosphoric acid groups is 1. The first-order valence-corrected chi connectivity index (χ1v) is 7.70. The third-order valence-corrected chi connectivity index (χ3v) is 4.10. The first kappa shape index (κ1) is 14.1. The topological polar surface area (TPSA) is 44.8 Å². The van der Waals surface area contributed by atoms with E-state index in [1.54, 1.807) is 19.9 Å². The van der Waals surface area contributed by atoms with Gasteiger partial charge < -0.3 is 4.52 Å². The average Bonchev–Trinajstić information content (AvgIpc) is 2.39. The van der Waals surface area contributed by atoms with Crippen LogP contribution in [0.1, 0.15) is 13.8 Å². The van der Waals surface area contributed by atoms with Crippen LogP contribution in [0.3, 0.4) is 0 Å². The monoisotopic (exact) mass is 280 g/mol. The molecule has 0 bridgehead atoms. The first-order valence-electron chi connectivity index (χ1n) is 6.24. The zero-order valence-electron chi connectivity index (χ0n) is 11.0. The molecule has 4 nitrogen and oxygen atoms in total. The number of rotatable bonds is 6. The molecule has 2 aromatic carbocycles. The molecule has 0 atom stereocenters. The Morgan fingerprint density at radius 2 is 1.58 bits per heavy atom. The average molecular weight is 280 g/mol. The molecule has 0 saturated heterocycles. The molecule has 0 fully saturated rings. The molecule has 0 unspecified atom stereocenters. The number of fused-ring (bicyclic) bond motifs is 1. The number of hydrogen-bond donors (Lipinski definition) is 0. The van der Waals surface area contributed by atoms with Crippen molar-refractivity contribution in [2.45, 2.75) is 13.8 Å². The summed E-state index contributed by atoms with van der Waals surface area (Å²) in [6, 6.07) is 13.4. The summed E-state index contributed by atoms with van der Waals surface area (Å²) in [5.41, 5.74) is 0. The predicted octanol–water partition coefficient (Wildman–Crippen LogP) is 4.40. The second-order valence-corrected chi connectivity index (χ2v) is 5.48. The van der Waals surface area contributed by atoms with E-state index in [0.29, 0.717) is 5.75 Å². The van der Waals surface area contributed by atoms with Crippen molar-refractivity contribution < 1.29 is 18.1 Å². The maximum atomic E-state index is 12.3. The fourth-order valence-electron chi connectivity index (χ4n) is 1.76. The molecule has 0 aliphatic heterocycles. The summed E-state index contributed by atoms with van der Waals surface area (Å²) < 4.78 is 27.8. The number of benzene rings is 2. The van der Waals surface area contributed by atoms with Crippen LogP contribution >= 0.6 is 7.82 Å². The van der Waals surface area contributed by atoms with Crippen LogP contribution in [0.5, 0.6) is 5.75 Å². The van der Waals surface area contributed by atoms with Crippen molar-refractivity contribution in [3.05, 3.63) is 42.5 Å². The van der Waals surface area contributed by atoms with Crippen LogP contribution in [-0.4, -0.2) is 13.2 Å². The molecule has 2 aromatic rings. The molecule has 2 rings (SSSR count). The highest BCUT2D eigenvalue weighted by Crippen LogP contribution is 2.49. The van der Waals surface area contributed by atoms with Crippen LogP contribution in [0.4, 0.5) is 0 Å². The lowest BCUT2D eigenvalue weighted by atomic mass is 10.1. The summed E-state index contributed by atoms with van der Waals surface area (Å²) in [4.78, 5) is 0. The highest BCUT2D eigenvalue weighted by molar-refractivity contribution is 7.48. The van der Waals surface area contributed by atoms with Gasteiger partial charge in [-0.05, 0) is 36.8 Å². The number of phosphoric ester groups is 1. The molecular weight excluding hydrogens is 263 g/mol. The fraction of sp³-hybridized carbons (Fsp3) is 0.286. The van der Waals surface area contributed by atoms with E-state index in [1.165, 1.54) is 0 Å². The molecule has 19 heavy (non-hydrogen) atoms. The van der Waals surface area contributed by atoms with Crippen molar-refractivity contribution >= 4 is 18.6 Å². The standard InChI is InChI=1S/C14H17O4P/c1-3-16-19(15,17-4-2)18-14-10-9-12-7-5-6-8-13(12)11-14/h5-11H,3-4H2,1-2H3. The van der Waals surface area contributed by atoms with Gasteiger partial charge in [0.1, 0.15) is 5.75 Å². The Kier molecular flexibility index (Phi) is 4.59. The van der Waals surface area contributed by atoms with E-state index < -0.39 is 7.82 Å². The zero-order chi connectivity index (χ0) is 13.7. The van der Waals surface area contributed by atoms with Crippen LogP contribution in [-0.2, 0) is 13.6 Å². The Morgan fingerprint density at radius 3 is 2.21 bits per heavy atom. The molecule has 0 aliphatic carbocycles. The lowest BCUT2D eigenvalue weighted by Crippen LogP contribution is -2.02. The van der Waals surface area contributed by atoms with Gasteiger partial charge in [-0.3, -0.25) is 9.05 Å². The van der Waals surface area contributed by atoms with E-state index in [4.69, 9.17) is 13.6 Å². The van der Waals surface area contributed by atoms with Crippen molar-refractivity contribution in [3.63, 3.8) is 0 Å². The smallest absolute Gasteiger partial charge is 0.404 e. The van der Waals surface area contributed by atoms with Crippen LogP contribution in [0, 0.1) is 0 Å². The van der Waals surface area contributed by atoms with Crippen molar-refractivity contribution in [3.8, 4) is 5.75 Å². The summed E-state index contributed by atoms with van der Waals surface area (Å²) in [7, 11) is -3.52. The molecule has 0 spiro atoms. The van der Waals surface area contributed by atoms with Crippen molar-refractivity contribution in [1.29, 1.82) is 0 Å². The Hall–Kier alpha value is -1.35. The van der Waals surface area contributed by atoms with Crippen LogP contribution in [0.15, 0.2) is 42.5 Å². The molecular formula is C14H17O4P. The highest BCUT2D eigenvalue weighted by atomic mass is 31.2. The second kappa shape index (κ2) is 6.20. The normalized spacial score (nSPS) is 11.7. The van der Waals surface area contributed by atoms with Gasteiger partial charge in [-0.2, -0.15) is 0 Å². The molecule has 0 aromatic heterocycles. The quantitative estimate of drug-likeness (QED) is 0.736. The summed E-state index contributed by atoms with van der Waals surface area (Å²) in [6.45, 7) is 4.03. The van der Waals surface area contributed by atoms with E-state index in [9.17, 15) is 4.57 Å². The Morgan fingerprint density at radius 1 is 0.947 bits per heavy atom. The second-order valence-electron chi connectivity index (χ2n) is 3.88. The van der Waals surface area contributed by atoms with Gasteiger partial charge in [0, 0.05) is 0 Å². The van der Waals surface area contributed by atoms with Gasteiger partial charge in [-0.15, -0.1) is 0 Å². The van der Waals surface area contributed by atoms with Crippen molar-refractivity contribution in [2.75, 3.05) is 13.2 Å². The van der Waals surface area contributed by atoms with Crippen molar-refractivity contribution in [1.82, 2.24) is 0 Å². The summed E-state index contributed by atoms with van der Waals surface area (Å²) >= 11 is 0. The Balaban J connectivity index is 2.26. The minimum Gasteiger partial charge on any atom is -0.404 e. The lowest BCUT2D eigenvalue weighted by molar-refractivity contribution is 0.167. The maximum absolute atomic E-state index is 12.3. The molecule has 5 heteroatoms. The third-order valence-electron chi connectivity index (χ3n) is 2.51. The van der Waals surface area contributed by atoms with Gasteiger partial charge in [0.2, 0.25) is 0 Å². The Bertz CT molecular complexity index is 587. The van der Waals surface area contributed by atoms with Gasteiger partial charge in [0.25, 0.3) is 0 Å². The van der Waals surface area contributed by atoms with E-state index in [1.807, 2.05) is 36.4 Å². The number of hydrogen-bond acceptors (Lipinski definition) is 4. The van der Waals surface area contributed by atoms with E-state index >= 15 is 0 Å². The fourth-order valence-corrected chi connectivity index (χ4v) is 2.94. The third kappa shape index (κ3) is 3.57. The van der Waals surface area contributed by atoms with E-state index in [-0.39, 0.29) is 13.2 Å². The molecule has 0 heterocycles. The van der Waals surface area contributed by atoms with Gasteiger partial charge in [-0.25, -0.2) is 4.57 Å². The molecule has 0 N–H and O–H groups in total. The van der Waals surface area contributed by atoms with Crippen molar-refractivity contribution in [2.24, 2.45) is 0 Å². The van der Waals surface area contributed by atoms with Gasteiger partial charge in [0.15, 0.2) is 0 Å². The summed E-state index contributed by atoms with van der Waals surface area (Å²) in [6.07, 6.45) is 0. The Labute approximate surface area is 112 Å². The lowest BCUT2D eigenvalue weighted by Gasteiger charge is -2.17. The van der Waals surface area contributed by atoms with Crippen LogP contribution in [0.2, 0.25) is 0 Å². The summed E-state index contributed by atoms with van der Waals surface area (Å²) in [5, 5.41) is 2.11. The first-order chi connectivity index (χ1) is 9.17. The minimum absolute atomic E-state index is 0.269. The van der Waals surface area contributed by atoms with Crippen LogP contribution < -0.4 is 4.52 Å². The molecule has 102 valence electrons. The minimum atomic E-state index is -3.52. The SMILES string of the molecule is CCOP(=O)(OCC)Oc1ccc2ccccc2c1. The highest BCUT2D eigenvalue weighted by Gasteiger charge is 2.27. The maximum Gasteiger partial charge on any atom is 0.530 e. The molecule has 0 amide bonds. The summed E-state index contributed by atoms with van der Waals surface area (Å²) in [5.74, 6) is 0.476. The molecule has 0 aliphatic rings. The van der Waals surface area contributed by atoms with Gasteiger partial charge in [-0.1, -0.05) is 30.3 Å².